The third-order valence-electron chi connectivity index (χ3n) is 2.29. The van der Waals surface area contributed by atoms with Gasteiger partial charge in [-0.3, -0.25) is 0 Å². The molecule has 0 saturated carbocycles. The lowest BCUT2D eigenvalue weighted by Gasteiger charge is -2.31. The smallest absolute Gasteiger partial charge is 0.0762 e. The van der Waals surface area contributed by atoms with Gasteiger partial charge in [0.25, 0.3) is 0 Å². The molecule has 0 spiro atoms. The van der Waals surface area contributed by atoms with Crippen LogP contribution < -0.4 is 22.9 Å². The van der Waals surface area contributed by atoms with Gasteiger partial charge in [0, 0.05) is 16.8 Å². The Balaban J connectivity index is 3.20. The molecule has 0 atom stereocenters. The summed E-state index contributed by atoms with van der Waals surface area (Å²) in [5, 5.41) is 0. The minimum Gasteiger partial charge on any atom is -0.400 e. The molecular weight excluding hydrogens is 152 g/mol. The highest BCUT2D eigenvalue weighted by atomic mass is 14.8. The van der Waals surface area contributed by atoms with Gasteiger partial charge < -0.3 is 22.9 Å². The van der Waals surface area contributed by atoms with Gasteiger partial charge in [-0.05, 0) is 6.42 Å². The van der Waals surface area contributed by atoms with Crippen molar-refractivity contribution in [1.82, 2.24) is 0 Å². The Morgan fingerprint density at radius 2 is 1.50 bits per heavy atom. The zero-order valence-corrected chi connectivity index (χ0v) is 7.52. The van der Waals surface area contributed by atoms with Crippen molar-refractivity contribution in [2.45, 2.75) is 20.3 Å². The predicted octanol–water partition coefficient (Wildman–Crippen LogP) is -0.326. The molecule has 0 unspecified atom stereocenters. The first kappa shape index (κ1) is 8.77. The van der Waals surface area contributed by atoms with Crippen molar-refractivity contribution in [3.05, 3.63) is 22.8 Å². The summed E-state index contributed by atoms with van der Waals surface area (Å²) in [4.78, 5) is 0. The molecule has 0 amide bonds. The van der Waals surface area contributed by atoms with Crippen LogP contribution in [0, 0.1) is 5.41 Å². The quantitative estimate of drug-likeness (QED) is 0.397. The van der Waals surface area contributed by atoms with Gasteiger partial charge in [0.1, 0.15) is 0 Å². The van der Waals surface area contributed by atoms with E-state index < -0.39 is 0 Å². The molecule has 1 rings (SSSR count). The SMILES string of the molecule is CC1(C)CC(N)=C(N)C(N)=C1N. The molecule has 1 aliphatic rings. The van der Waals surface area contributed by atoms with E-state index in [1.54, 1.807) is 0 Å². The number of allylic oxidation sites excluding steroid dienone is 2. The normalized spacial score (nSPS) is 23.2. The summed E-state index contributed by atoms with van der Waals surface area (Å²) in [5.74, 6) is 0. The third kappa shape index (κ3) is 1.09. The van der Waals surface area contributed by atoms with E-state index >= 15 is 0 Å². The summed E-state index contributed by atoms with van der Waals surface area (Å²) < 4.78 is 0. The molecule has 0 bridgehead atoms. The highest BCUT2D eigenvalue weighted by Crippen LogP contribution is 2.35. The van der Waals surface area contributed by atoms with Crippen LogP contribution in [0.2, 0.25) is 0 Å². The van der Waals surface area contributed by atoms with E-state index in [1.165, 1.54) is 0 Å². The molecule has 0 fully saturated rings. The van der Waals surface area contributed by atoms with Gasteiger partial charge >= 0.3 is 0 Å². The Kier molecular flexibility index (Phi) is 1.71. The molecule has 0 aliphatic heterocycles. The summed E-state index contributed by atoms with van der Waals surface area (Å²) in [6, 6.07) is 0. The second-order valence-electron chi connectivity index (χ2n) is 3.83. The molecule has 0 heterocycles. The molecule has 12 heavy (non-hydrogen) atoms. The summed E-state index contributed by atoms with van der Waals surface area (Å²) in [7, 11) is 0. The first-order valence-corrected chi connectivity index (χ1v) is 3.86. The molecule has 0 aromatic rings. The fourth-order valence-corrected chi connectivity index (χ4v) is 1.35. The number of rotatable bonds is 0. The lowest BCUT2D eigenvalue weighted by molar-refractivity contribution is 0.419. The largest absolute Gasteiger partial charge is 0.400 e. The predicted molar refractivity (Wildman–Crippen MR) is 49.2 cm³/mol. The Labute approximate surface area is 72.3 Å². The van der Waals surface area contributed by atoms with Gasteiger partial charge in [-0.2, -0.15) is 0 Å². The lowest BCUT2D eigenvalue weighted by Crippen LogP contribution is -2.35. The Morgan fingerprint density at radius 1 is 1.00 bits per heavy atom. The van der Waals surface area contributed by atoms with Crippen molar-refractivity contribution in [1.29, 1.82) is 0 Å². The molecule has 68 valence electrons. The minimum absolute atomic E-state index is 0.170. The van der Waals surface area contributed by atoms with E-state index in [0.29, 0.717) is 29.2 Å². The number of hydrogen-bond donors (Lipinski definition) is 4. The van der Waals surface area contributed by atoms with Crippen LogP contribution in [0.1, 0.15) is 20.3 Å². The van der Waals surface area contributed by atoms with Crippen molar-refractivity contribution < 1.29 is 0 Å². The van der Waals surface area contributed by atoms with Crippen molar-refractivity contribution in [3.63, 3.8) is 0 Å². The van der Waals surface area contributed by atoms with Crippen LogP contribution in [-0.2, 0) is 0 Å². The van der Waals surface area contributed by atoms with E-state index in [-0.39, 0.29) is 5.41 Å². The highest BCUT2D eigenvalue weighted by molar-refractivity contribution is 5.39. The first-order chi connectivity index (χ1) is 5.36. The van der Waals surface area contributed by atoms with Crippen LogP contribution in [0.4, 0.5) is 0 Å². The van der Waals surface area contributed by atoms with Crippen molar-refractivity contribution in [3.8, 4) is 0 Å². The van der Waals surface area contributed by atoms with Gasteiger partial charge in [-0.1, -0.05) is 13.8 Å². The van der Waals surface area contributed by atoms with Gasteiger partial charge in [0.05, 0.1) is 11.4 Å². The molecule has 4 nitrogen and oxygen atoms in total. The second-order valence-corrected chi connectivity index (χ2v) is 3.83. The standard InChI is InChI=1S/C8H16N4/c1-8(2)3-4(9)5(10)6(11)7(8)12/h3,9-12H2,1-2H3. The number of nitrogens with two attached hydrogens (primary N) is 4. The van der Waals surface area contributed by atoms with Crippen LogP contribution >= 0.6 is 0 Å². The van der Waals surface area contributed by atoms with Gasteiger partial charge in [-0.25, -0.2) is 0 Å². The maximum absolute atomic E-state index is 5.79. The fraction of sp³-hybridized carbons (Fsp3) is 0.500. The third-order valence-corrected chi connectivity index (χ3v) is 2.29. The van der Waals surface area contributed by atoms with Gasteiger partial charge in [0.15, 0.2) is 0 Å². The van der Waals surface area contributed by atoms with E-state index in [2.05, 4.69) is 0 Å². The van der Waals surface area contributed by atoms with Gasteiger partial charge in [-0.15, -0.1) is 0 Å². The zero-order valence-electron chi connectivity index (χ0n) is 7.52. The molecule has 0 saturated heterocycles. The molecule has 0 aromatic carbocycles. The van der Waals surface area contributed by atoms with E-state index in [9.17, 15) is 0 Å². The molecule has 0 aromatic heterocycles. The van der Waals surface area contributed by atoms with Crippen LogP contribution in [-0.4, -0.2) is 0 Å². The molecule has 1 aliphatic carbocycles. The average molecular weight is 168 g/mol. The zero-order chi connectivity index (χ0) is 9.52. The van der Waals surface area contributed by atoms with Crippen molar-refractivity contribution in [2.75, 3.05) is 0 Å². The summed E-state index contributed by atoms with van der Waals surface area (Å²) in [5.41, 5.74) is 24.8. The fourth-order valence-electron chi connectivity index (χ4n) is 1.35. The molecule has 4 heteroatoms. The molecule has 0 radical (unpaired) electrons. The summed E-state index contributed by atoms with van der Waals surface area (Å²) in [6.07, 6.45) is 0.672. The summed E-state index contributed by atoms with van der Waals surface area (Å²) >= 11 is 0. The van der Waals surface area contributed by atoms with Crippen LogP contribution in [0.5, 0.6) is 0 Å². The lowest BCUT2D eigenvalue weighted by atomic mass is 9.79. The average Bonchev–Trinajstić information content (AvgIpc) is 1.97. The van der Waals surface area contributed by atoms with Crippen LogP contribution in [0.15, 0.2) is 22.8 Å². The van der Waals surface area contributed by atoms with Crippen molar-refractivity contribution >= 4 is 0 Å². The second kappa shape index (κ2) is 2.33. The van der Waals surface area contributed by atoms with Crippen LogP contribution in [0.25, 0.3) is 0 Å². The highest BCUT2D eigenvalue weighted by Gasteiger charge is 2.30. The Morgan fingerprint density at radius 3 is 2.00 bits per heavy atom. The Bertz CT molecular complexity index is 273. The first-order valence-electron chi connectivity index (χ1n) is 3.86. The van der Waals surface area contributed by atoms with Gasteiger partial charge in [0.2, 0.25) is 0 Å². The summed E-state index contributed by atoms with van der Waals surface area (Å²) in [6.45, 7) is 3.99. The Hall–Kier alpha value is -1.32. The van der Waals surface area contributed by atoms with E-state index in [4.69, 9.17) is 22.9 Å². The van der Waals surface area contributed by atoms with Crippen LogP contribution in [0.3, 0.4) is 0 Å². The van der Waals surface area contributed by atoms with E-state index in [1.807, 2.05) is 13.8 Å². The minimum atomic E-state index is -0.170. The number of hydrogen-bond acceptors (Lipinski definition) is 4. The maximum atomic E-state index is 5.79. The molecular formula is C8H16N4. The van der Waals surface area contributed by atoms with Crippen molar-refractivity contribution in [2.24, 2.45) is 28.3 Å². The topological polar surface area (TPSA) is 104 Å². The monoisotopic (exact) mass is 168 g/mol. The molecule has 8 N–H and O–H groups in total. The van der Waals surface area contributed by atoms with E-state index in [0.717, 1.165) is 0 Å². The maximum Gasteiger partial charge on any atom is 0.0762 e.